The smallest absolute Gasteiger partial charge is 0.142 e. The lowest BCUT2D eigenvalue weighted by atomic mass is 9.61. The van der Waals surface area contributed by atoms with Crippen molar-refractivity contribution in [3.63, 3.8) is 0 Å². The van der Waals surface area contributed by atoms with Crippen molar-refractivity contribution in [1.29, 1.82) is 0 Å². The quantitative estimate of drug-likeness (QED) is 0.782. The van der Waals surface area contributed by atoms with Crippen molar-refractivity contribution in [2.45, 2.75) is 40.5 Å². The number of hydrogen-bond acceptors (Lipinski definition) is 2. The van der Waals surface area contributed by atoms with Gasteiger partial charge in [-0.3, -0.25) is 4.79 Å². The fourth-order valence-corrected chi connectivity index (χ4v) is 4.22. The second kappa shape index (κ2) is 3.83. The number of rotatable bonds is 2. The van der Waals surface area contributed by atoms with Crippen molar-refractivity contribution in [3.05, 3.63) is 0 Å². The number of aliphatic hydroxyl groups excluding tert-OH is 1. The van der Waals surface area contributed by atoms with Crippen molar-refractivity contribution in [3.8, 4) is 0 Å². The molecule has 2 rings (SSSR count). The molecule has 16 heavy (non-hydrogen) atoms. The first-order valence-corrected chi connectivity index (χ1v) is 6.58. The monoisotopic (exact) mass is 224 g/mol. The molecule has 0 aromatic rings. The Kier molecular flexibility index (Phi) is 2.90. The van der Waals surface area contributed by atoms with Gasteiger partial charge in [0.25, 0.3) is 0 Å². The zero-order chi connectivity index (χ0) is 12.1. The topological polar surface area (TPSA) is 37.3 Å². The predicted molar refractivity (Wildman–Crippen MR) is 63.9 cm³/mol. The van der Waals surface area contributed by atoms with Crippen LogP contribution in [0.25, 0.3) is 0 Å². The van der Waals surface area contributed by atoms with Crippen LogP contribution in [-0.2, 0) is 4.79 Å². The van der Waals surface area contributed by atoms with Crippen LogP contribution in [0.15, 0.2) is 0 Å². The molecule has 2 nitrogen and oxygen atoms in total. The summed E-state index contributed by atoms with van der Waals surface area (Å²) in [5.41, 5.74) is 0.0574. The van der Waals surface area contributed by atoms with E-state index in [1.54, 1.807) is 0 Å². The Balaban J connectivity index is 2.35. The Bertz CT molecular complexity index is 297. The summed E-state index contributed by atoms with van der Waals surface area (Å²) in [5, 5.41) is 9.47. The third-order valence-corrected chi connectivity index (χ3v) is 5.56. The summed E-state index contributed by atoms with van der Waals surface area (Å²) in [5.74, 6) is 2.00. The maximum atomic E-state index is 12.4. The van der Waals surface area contributed by atoms with Gasteiger partial charge in [-0.15, -0.1) is 0 Å². The lowest BCUT2D eigenvalue weighted by Crippen LogP contribution is -2.37. The molecule has 0 unspecified atom stereocenters. The Hall–Kier alpha value is -0.370. The molecule has 2 aliphatic rings. The molecule has 0 amide bonds. The first kappa shape index (κ1) is 12.1. The molecule has 2 aliphatic carbocycles. The van der Waals surface area contributed by atoms with E-state index in [0.29, 0.717) is 23.5 Å². The fraction of sp³-hybridized carbons (Fsp3) is 0.929. The third-order valence-electron chi connectivity index (χ3n) is 5.56. The van der Waals surface area contributed by atoms with E-state index in [0.717, 1.165) is 12.8 Å². The van der Waals surface area contributed by atoms with E-state index >= 15 is 0 Å². The van der Waals surface area contributed by atoms with Gasteiger partial charge in [0, 0.05) is 11.8 Å². The summed E-state index contributed by atoms with van der Waals surface area (Å²) in [7, 11) is 0. The number of Topliss-reactive ketones (excluding diaryl/α,β-unsaturated/α-hetero) is 1. The summed E-state index contributed by atoms with van der Waals surface area (Å²) in [6.45, 7) is 8.90. The maximum Gasteiger partial charge on any atom is 0.142 e. The summed E-state index contributed by atoms with van der Waals surface area (Å²) in [4.78, 5) is 12.4. The van der Waals surface area contributed by atoms with Crippen LogP contribution in [0.5, 0.6) is 0 Å². The third kappa shape index (κ3) is 1.38. The van der Waals surface area contributed by atoms with E-state index in [1.165, 1.54) is 0 Å². The number of carbonyl (C=O) groups excluding carboxylic acids is 1. The minimum absolute atomic E-state index is 0.0426. The van der Waals surface area contributed by atoms with Crippen LogP contribution in [0.1, 0.15) is 40.5 Å². The molecular weight excluding hydrogens is 200 g/mol. The highest BCUT2D eigenvalue weighted by Crippen LogP contribution is 2.59. The predicted octanol–water partition coefficient (Wildman–Crippen LogP) is 2.50. The van der Waals surface area contributed by atoms with Gasteiger partial charge in [-0.05, 0) is 36.0 Å². The molecule has 2 bridgehead atoms. The van der Waals surface area contributed by atoms with E-state index in [9.17, 15) is 9.90 Å². The van der Waals surface area contributed by atoms with E-state index in [2.05, 4.69) is 27.7 Å². The van der Waals surface area contributed by atoms with Gasteiger partial charge in [0.1, 0.15) is 5.78 Å². The van der Waals surface area contributed by atoms with Crippen LogP contribution in [0.3, 0.4) is 0 Å². The molecule has 2 saturated carbocycles. The second-order valence-corrected chi connectivity index (χ2v) is 6.40. The molecule has 0 spiro atoms. The number of aliphatic hydroxyl groups is 1. The number of fused-ring (bicyclic) bond motifs is 2. The number of hydrogen-bond donors (Lipinski definition) is 1. The van der Waals surface area contributed by atoms with E-state index < -0.39 is 0 Å². The van der Waals surface area contributed by atoms with Crippen LogP contribution in [-0.4, -0.2) is 17.5 Å². The Labute approximate surface area is 98.4 Å². The molecule has 0 heterocycles. The highest BCUT2D eigenvalue weighted by molar-refractivity contribution is 5.88. The van der Waals surface area contributed by atoms with Gasteiger partial charge in [-0.25, -0.2) is 0 Å². The average molecular weight is 224 g/mol. The molecule has 0 saturated heterocycles. The van der Waals surface area contributed by atoms with Crippen molar-refractivity contribution in [1.82, 2.24) is 0 Å². The standard InChI is InChI=1S/C14H24O2/c1-8(2)10-5-6-14(4)9(3)12(10)13(16)11(14)7-15/h8-12,15H,5-7H2,1-4H3/t9-,10+,11-,12+,14+/m0/s1. The molecule has 0 aromatic carbocycles. The van der Waals surface area contributed by atoms with Crippen LogP contribution >= 0.6 is 0 Å². The molecule has 0 aliphatic heterocycles. The highest BCUT2D eigenvalue weighted by Gasteiger charge is 2.59. The van der Waals surface area contributed by atoms with E-state index in [1.807, 2.05) is 0 Å². The van der Waals surface area contributed by atoms with Crippen molar-refractivity contribution in [2.75, 3.05) is 6.61 Å². The first-order valence-electron chi connectivity index (χ1n) is 6.58. The molecule has 2 heteroatoms. The summed E-state index contributed by atoms with van der Waals surface area (Å²) in [6, 6.07) is 0. The minimum Gasteiger partial charge on any atom is -0.396 e. The van der Waals surface area contributed by atoms with Crippen LogP contribution in [0.4, 0.5) is 0 Å². The van der Waals surface area contributed by atoms with Gasteiger partial charge in [-0.2, -0.15) is 0 Å². The lowest BCUT2D eigenvalue weighted by molar-refractivity contribution is -0.127. The van der Waals surface area contributed by atoms with Crippen molar-refractivity contribution in [2.24, 2.45) is 35.0 Å². The molecule has 5 atom stereocenters. The molecule has 1 N–H and O–H groups in total. The Morgan fingerprint density at radius 1 is 1.50 bits per heavy atom. The maximum absolute atomic E-state index is 12.4. The molecule has 92 valence electrons. The summed E-state index contributed by atoms with van der Waals surface area (Å²) >= 11 is 0. The van der Waals surface area contributed by atoms with Crippen LogP contribution in [0.2, 0.25) is 0 Å². The largest absolute Gasteiger partial charge is 0.396 e. The van der Waals surface area contributed by atoms with Crippen LogP contribution in [0, 0.1) is 35.0 Å². The fourth-order valence-electron chi connectivity index (χ4n) is 4.22. The molecular formula is C14H24O2. The molecule has 2 fully saturated rings. The Morgan fingerprint density at radius 3 is 2.62 bits per heavy atom. The second-order valence-electron chi connectivity index (χ2n) is 6.40. The first-order chi connectivity index (χ1) is 7.43. The number of carbonyl (C=O) groups is 1. The minimum atomic E-state index is -0.101. The Morgan fingerprint density at radius 2 is 2.12 bits per heavy atom. The van der Waals surface area contributed by atoms with Gasteiger partial charge < -0.3 is 5.11 Å². The highest BCUT2D eigenvalue weighted by atomic mass is 16.3. The summed E-state index contributed by atoms with van der Waals surface area (Å²) < 4.78 is 0. The van der Waals surface area contributed by atoms with Gasteiger partial charge in [0.15, 0.2) is 0 Å². The number of ketones is 1. The molecule has 0 aromatic heterocycles. The van der Waals surface area contributed by atoms with Gasteiger partial charge in [0.05, 0.1) is 6.61 Å². The van der Waals surface area contributed by atoms with E-state index in [4.69, 9.17) is 0 Å². The van der Waals surface area contributed by atoms with Gasteiger partial charge in [-0.1, -0.05) is 27.7 Å². The zero-order valence-corrected chi connectivity index (χ0v) is 10.9. The van der Waals surface area contributed by atoms with Gasteiger partial charge in [0.2, 0.25) is 0 Å². The average Bonchev–Trinajstić information content (AvgIpc) is 2.33. The molecule has 0 radical (unpaired) electrons. The SMILES string of the molecule is CC(C)[C@H]1CC[C@@]2(C)[C@@H](CO)C(=O)[C@@H]1[C@@H]2C. The normalized spacial score (nSPS) is 47.8. The van der Waals surface area contributed by atoms with Crippen molar-refractivity contribution >= 4 is 5.78 Å². The van der Waals surface area contributed by atoms with Crippen LogP contribution < -0.4 is 0 Å². The summed E-state index contributed by atoms with van der Waals surface area (Å²) in [6.07, 6.45) is 2.26. The van der Waals surface area contributed by atoms with Gasteiger partial charge >= 0.3 is 0 Å². The zero-order valence-electron chi connectivity index (χ0n) is 10.9. The van der Waals surface area contributed by atoms with Crippen molar-refractivity contribution < 1.29 is 9.90 Å². The van der Waals surface area contributed by atoms with E-state index in [-0.39, 0.29) is 23.9 Å². The lowest BCUT2D eigenvalue weighted by Gasteiger charge is -2.42.